The van der Waals surface area contributed by atoms with Gasteiger partial charge in [0.2, 0.25) is 10.0 Å². The highest BCUT2D eigenvalue weighted by atomic mass is 32.2. The molecule has 0 aliphatic carbocycles. The molecule has 0 bridgehead atoms. The van der Waals surface area contributed by atoms with Crippen molar-refractivity contribution >= 4 is 10.0 Å². The summed E-state index contributed by atoms with van der Waals surface area (Å²) in [6.45, 7) is 7.68. The van der Waals surface area contributed by atoms with Gasteiger partial charge in [-0.3, -0.25) is 0 Å². The van der Waals surface area contributed by atoms with Gasteiger partial charge in [-0.2, -0.15) is 0 Å². The van der Waals surface area contributed by atoms with Crippen molar-refractivity contribution in [2.75, 3.05) is 5.75 Å². The maximum atomic E-state index is 11.2. The fourth-order valence-electron chi connectivity index (χ4n) is 1.00. The summed E-state index contributed by atoms with van der Waals surface area (Å²) in [6.07, 6.45) is 0.844. The molecule has 0 fully saturated rings. The normalized spacial score (nSPS) is 15.1. The Morgan fingerprint density at radius 1 is 1.25 bits per heavy atom. The van der Waals surface area contributed by atoms with Crippen molar-refractivity contribution in [2.45, 2.75) is 40.2 Å². The first-order chi connectivity index (χ1) is 5.43. The number of sulfonamides is 1. The quantitative estimate of drug-likeness (QED) is 0.716. The highest BCUT2D eigenvalue weighted by Gasteiger charge is 2.16. The largest absolute Gasteiger partial charge is 0.212 e. The third-order valence-electron chi connectivity index (χ3n) is 1.96. The zero-order chi connectivity index (χ0) is 9.78. The van der Waals surface area contributed by atoms with Crippen molar-refractivity contribution < 1.29 is 8.42 Å². The summed E-state index contributed by atoms with van der Waals surface area (Å²) in [6, 6.07) is 0.0787. The third kappa shape index (κ3) is 4.07. The first-order valence-electron chi connectivity index (χ1n) is 4.43. The standard InChI is InChI=1S/C8H19NO2S/c1-5-8(7(3)4)9-12(10,11)6-2/h7-9H,5-6H2,1-4H3. The van der Waals surface area contributed by atoms with Crippen LogP contribution in [0.4, 0.5) is 0 Å². The Balaban J connectivity index is 4.22. The summed E-state index contributed by atoms with van der Waals surface area (Å²) in [5.74, 6) is 0.521. The zero-order valence-electron chi connectivity index (χ0n) is 8.29. The van der Waals surface area contributed by atoms with Crippen LogP contribution < -0.4 is 4.72 Å². The van der Waals surface area contributed by atoms with Gasteiger partial charge in [0.25, 0.3) is 0 Å². The monoisotopic (exact) mass is 193 g/mol. The molecule has 1 atom stereocenters. The number of rotatable bonds is 5. The first-order valence-corrected chi connectivity index (χ1v) is 6.08. The van der Waals surface area contributed by atoms with Crippen molar-refractivity contribution in [3.8, 4) is 0 Å². The second-order valence-corrected chi connectivity index (χ2v) is 5.32. The van der Waals surface area contributed by atoms with Gasteiger partial charge >= 0.3 is 0 Å². The van der Waals surface area contributed by atoms with Crippen LogP contribution in [0.2, 0.25) is 0 Å². The minimum atomic E-state index is -3.03. The van der Waals surface area contributed by atoms with E-state index in [1.54, 1.807) is 6.92 Å². The van der Waals surface area contributed by atoms with Crippen LogP contribution in [0.5, 0.6) is 0 Å². The van der Waals surface area contributed by atoms with Gasteiger partial charge in [0.05, 0.1) is 5.75 Å². The molecule has 0 aliphatic rings. The molecule has 0 aromatic rings. The summed E-state index contributed by atoms with van der Waals surface area (Å²) in [5.41, 5.74) is 0. The van der Waals surface area contributed by atoms with E-state index in [9.17, 15) is 8.42 Å². The molecule has 1 N–H and O–H groups in total. The van der Waals surface area contributed by atoms with Gasteiger partial charge < -0.3 is 0 Å². The first kappa shape index (κ1) is 11.9. The molecule has 0 aliphatic heterocycles. The van der Waals surface area contributed by atoms with Crippen molar-refractivity contribution in [1.82, 2.24) is 4.72 Å². The van der Waals surface area contributed by atoms with Crippen LogP contribution in [0.1, 0.15) is 34.1 Å². The number of hydrogen-bond donors (Lipinski definition) is 1. The predicted molar refractivity (Wildman–Crippen MR) is 51.5 cm³/mol. The molecule has 12 heavy (non-hydrogen) atoms. The third-order valence-corrected chi connectivity index (χ3v) is 3.38. The van der Waals surface area contributed by atoms with E-state index in [2.05, 4.69) is 4.72 Å². The van der Waals surface area contributed by atoms with Gasteiger partial charge in [-0.25, -0.2) is 13.1 Å². The van der Waals surface area contributed by atoms with Crippen molar-refractivity contribution in [1.29, 1.82) is 0 Å². The second-order valence-electron chi connectivity index (χ2n) is 3.28. The summed E-state index contributed by atoms with van der Waals surface area (Å²) in [5, 5.41) is 0. The fourth-order valence-corrected chi connectivity index (χ4v) is 2.07. The van der Waals surface area contributed by atoms with Crippen molar-refractivity contribution in [2.24, 2.45) is 5.92 Å². The predicted octanol–water partition coefficient (Wildman–Crippen LogP) is 1.36. The lowest BCUT2D eigenvalue weighted by atomic mass is 10.0. The van der Waals surface area contributed by atoms with Crippen LogP contribution in [-0.4, -0.2) is 20.2 Å². The van der Waals surface area contributed by atoms with E-state index >= 15 is 0 Å². The van der Waals surface area contributed by atoms with E-state index < -0.39 is 10.0 Å². The van der Waals surface area contributed by atoms with Gasteiger partial charge in [-0.05, 0) is 19.3 Å². The summed E-state index contributed by atoms with van der Waals surface area (Å²) in [7, 11) is -3.03. The topological polar surface area (TPSA) is 46.2 Å². The molecular weight excluding hydrogens is 174 g/mol. The molecule has 0 aromatic carbocycles. The van der Waals surface area contributed by atoms with Crippen molar-refractivity contribution in [3.63, 3.8) is 0 Å². The lowest BCUT2D eigenvalue weighted by molar-refractivity contribution is 0.437. The highest BCUT2D eigenvalue weighted by molar-refractivity contribution is 7.89. The Labute approximate surface area is 75.6 Å². The fraction of sp³-hybridized carbons (Fsp3) is 1.00. The van der Waals surface area contributed by atoms with Gasteiger partial charge in [-0.15, -0.1) is 0 Å². The van der Waals surface area contributed by atoms with Crippen molar-refractivity contribution in [3.05, 3.63) is 0 Å². The summed E-state index contributed by atoms with van der Waals surface area (Å²) >= 11 is 0. The van der Waals surface area contributed by atoms with E-state index in [0.717, 1.165) is 6.42 Å². The molecule has 0 spiro atoms. The molecule has 3 nitrogen and oxygen atoms in total. The van der Waals surface area contributed by atoms with Crippen LogP contribution >= 0.6 is 0 Å². The van der Waals surface area contributed by atoms with E-state index in [4.69, 9.17) is 0 Å². The molecule has 0 amide bonds. The van der Waals surface area contributed by atoms with E-state index in [-0.39, 0.29) is 11.8 Å². The molecule has 0 rings (SSSR count). The lowest BCUT2D eigenvalue weighted by Crippen LogP contribution is -2.38. The smallest absolute Gasteiger partial charge is 0.211 e. The SMILES string of the molecule is CCC(NS(=O)(=O)CC)C(C)C. The highest BCUT2D eigenvalue weighted by Crippen LogP contribution is 2.06. The van der Waals surface area contributed by atoms with Gasteiger partial charge in [0.1, 0.15) is 0 Å². The van der Waals surface area contributed by atoms with Gasteiger partial charge in [0, 0.05) is 6.04 Å². The molecule has 0 heterocycles. The molecule has 0 radical (unpaired) electrons. The number of nitrogens with one attached hydrogen (secondary N) is 1. The molecule has 74 valence electrons. The second kappa shape index (κ2) is 4.82. The Morgan fingerprint density at radius 2 is 1.75 bits per heavy atom. The molecule has 0 saturated carbocycles. The average molecular weight is 193 g/mol. The Hall–Kier alpha value is -0.0900. The van der Waals surface area contributed by atoms with Crippen LogP contribution in [0.15, 0.2) is 0 Å². The molecule has 0 aromatic heterocycles. The summed E-state index contributed by atoms with van der Waals surface area (Å²) in [4.78, 5) is 0. The Bertz CT molecular complexity index is 209. The van der Waals surface area contributed by atoms with E-state index in [1.807, 2.05) is 20.8 Å². The van der Waals surface area contributed by atoms with E-state index in [0.29, 0.717) is 5.92 Å². The molecule has 0 saturated heterocycles. The average Bonchev–Trinajstić information content (AvgIpc) is 2.00. The molecule has 1 unspecified atom stereocenters. The van der Waals surface area contributed by atoms with Gasteiger partial charge in [-0.1, -0.05) is 20.8 Å². The maximum Gasteiger partial charge on any atom is 0.211 e. The lowest BCUT2D eigenvalue weighted by Gasteiger charge is -2.19. The zero-order valence-corrected chi connectivity index (χ0v) is 9.11. The van der Waals surface area contributed by atoms with E-state index in [1.165, 1.54) is 0 Å². The van der Waals surface area contributed by atoms with Crippen LogP contribution in [0, 0.1) is 5.92 Å². The van der Waals surface area contributed by atoms with Crippen LogP contribution in [-0.2, 0) is 10.0 Å². The van der Waals surface area contributed by atoms with Crippen LogP contribution in [0.25, 0.3) is 0 Å². The van der Waals surface area contributed by atoms with Gasteiger partial charge in [0.15, 0.2) is 0 Å². The maximum absolute atomic E-state index is 11.2. The Morgan fingerprint density at radius 3 is 2.00 bits per heavy atom. The summed E-state index contributed by atoms with van der Waals surface area (Å²) < 4.78 is 25.0. The molecule has 4 heteroatoms. The minimum absolute atomic E-state index is 0.0787. The minimum Gasteiger partial charge on any atom is -0.212 e. The number of hydrogen-bond acceptors (Lipinski definition) is 2. The van der Waals surface area contributed by atoms with Crippen LogP contribution in [0.3, 0.4) is 0 Å². The molecular formula is C8H19NO2S. The Kier molecular flexibility index (Phi) is 4.78.